The molecule has 0 amide bonds. The number of carbonyl (C=O) groups excluding carboxylic acids is 1. The first-order valence-electron chi connectivity index (χ1n) is 7.74. The maximum absolute atomic E-state index is 11.3. The predicted octanol–water partition coefficient (Wildman–Crippen LogP) is 2.74. The lowest BCUT2D eigenvalue weighted by molar-refractivity contribution is -0.220. The van der Waals surface area contributed by atoms with Gasteiger partial charge in [0.1, 0.15) is 0 Å². The molecule has 1 N–H and O–H groups in total. The zero-order valence-electron chi connectivity index (χ0n) is 14.1. The van der Waals surface area contributed by atoms with Gasteiger partial charge in [0.15, 0.2) is 6.10 Å². The van der Waals surface area contributed by atoms with Crippen LogP contribution >= 0.6 is 0 Å². The molecule has 0 spiro atoms. The summed E-state index contributed by atoms with van der Waals surface area (Å²) in [5, 5.41) is 8.95. The molecule has 1 atom stereocenters. The normalized spacial score (nSPS) is 20.0. The Morgan fingerprint density at radius 2 is 1.86 bits per heavy atom. The van der Waals surface area contributed by atoms with E-state index in [0.717, 1.165) is 18.4 Å². The Morgan fingerprint density at radius 1 is 1.23 bits per heavy atom. The lowest BCUT2D eigenvalue weighted by atomic mass is 10.0. The Labute approximate surface area is 132 Å². The Morgan fingerprint density at radius 3 is 2.41 bits per heavy atom. The van der Waals surface area contributed by atoms with Crippen molar-refractivity contribution in [2.45, 2.75) is 58.8 Å². The minimum Gasteiger partial charge on any atom is -0.456 e. The fraction of sp³-hybridized carbons (Fsp3) is 0.706. The molecular weight excluding hydrogens is 284 g/mol. The van der Waals surface area contributed by atoms with Gasteiger partial charge in [0.25, 0.3) is 0 Å². The van der Waals surface area contributed by atoms with Crippen LogP contribution in [0.25, 0.3) is 0 Å². The van der Waals surface area contributed by atoms with Crippen LogP contribution in [0.3, 0.4) is 0 Å². The lowest BCUT2D eigenvalue weighted by Gasteiger charge is -2.30. The van der Waals surface area contributed by atoms with Crippen LogP contribution in [0.2, 0.25) is 0 Å². The number of aliphatic hydroxyl groups excluding tert-OH is 1. The summed E-state index contributed by atoms with van der Waals surface area (Å²) in [5.41, 5.74) is 2.19. The van der Waals surface area contributed by atoms with E-state index in [1.54, 1.807) is 0 Å². The van der Waals surface area contributed by atoms with Gasteiger partial charge in [-0.1, -0.05) is 23.3 Å². The molecule has 1 heterocycles. The molecule has 22 heavy (non-hydrogen) atoms. The summed E-state index contributed by atoms with van der Waals surface area (Å²) < 4.78 is 16.6. The molecule has 1 aliphatic heterocycles. The molecule has 126 valence electrons. The number of allylic oxidation sites excluding steroid dienone is 2. The maximum Gasteiger partial charge on any atom is 0.303 e. The molecular formula is C17H28O5. The molecule has 0 radical (unpaired) electrons. The second-order valence-electron chi connectivity index (χ2n) is 5.84. The van der Waals surface area contributed by atoms with Crippen molar-refractivity contribution in [3.05, 3.63) is 23.3 Å². The van der Waals surface area contributed by atoms with E-state index in [-0.39, 0.29) is 12.6 Å². The highest BCUT2D eigenvalue weighted by Crippen LogP contribution is 2.28. The van der Waals surface area contributed by atoms with E-state index in [9.17, 15) is 4.79 Å². The standard InChI is InChI=1S/C17H28O5/c1-13(6-5-7-14(2)12-18)8-9-16(22-15(3)19)17(4)20-10-11-21-17/h7-8,16,18H,5-6,9-12H2,1-4H3/b13-8+,14-7+. The summed E-state index contributed by atoms with van der Waals surface area (Å²) in [7, 11) is 0. The molecule has 1 aliphatic rings. The number of aliphatic hydroxyl groups is 1. The summed E-state index contributed by atoms with van der Waals surface area (Å²) in [6, 6.07) is 0. The second-order valence-corrected chi connectivity index (χ2v) is 5.84. The second kappa shape index (κ2) is 9.08. The average molecular weight is 312 g/mol. The van der Waals surface area contributed by atoms with Gasteiger partial charge in [-0.25, -0.2) is 0 Å². The van der Waals surface area contributed by atoms with Crippen molar-refractivity contribution in [2.75, 3.05) is 19.8 Å². The minimum absolute atomic E-state index is 0.102. The quantitative estimate of drug-likeness (QED) is 0.551. The molecule has 0 saturated carbocycles. The Bertz CT molecular complexity index is 419. The number of ether oxygens (including phenoxy) is 3. The molecule has 0 aromatic heterocycles. The van der Waals surface area contributed by atoms with Gasteiger partial charge in [-0.05, 0) is 33.6 Å². The van der Waals surface area contributed by atoms with Crippen molar-refractivity contribution in [2.24, 2.45) is 0 Å². The highest BCUT2D eigenvalue weighted by molar-refractivity contribution is 5.66. The molecule has 1 unspecified atom stereocenters. The van der Waals surface area contributed by atoms with Crippen molar-refractivity contribution < 1.29 is 24.1 Å². The summed E-state index contributed by atoms with van der Waals surface area (Å²) in [5.74, 6) is -1.20. The van der Waals surface area contributed by atoms with Crippen molar-refractivity contribution in [1.29, 1.82) is 0 Å². The first kappa shape index (κ1) is 18.9. The molecule has 1 saturated heterocycles. The highest BCUT2D eigenvalue weighted by atomic mass is 16.8. The molecule has 1 rings (SSSR count). The van der Waals surface area contributed by atoms with Crippen LogP contribution in [-0.4, -0.2) is 42.8 Å². The van der Waals surface area contributed by atoms with Gasteiger partial charge >= 0.3 is 5.97 Å². The summed E-state index contributed by atoms with van der Waals surface area (Å²) >= 11 is 0. The molecule has 0 bridgehead atoms. The van der Waals surface area contributed by atoms with Crippen LogP contribution in [-0.2, 0) is 19.0 Å². The number of hydrogen-bond acceptors (Lipinski definition) is 5. The van der Waals surface area contributed by atoms with E-state index in [0.29, 0.717) is 19.6 Å². The van der Waals surface area contributed by atoms with Crippen LogP contribution in [0.15, 0.2) is 23.3 Å². The van der Waals surface area contributed by atoms with Crippen molar-refractivity contribution in [3.63, 3.8) is 0 Å². The summed E-state index contributed by atoms with van der Waals surface area (Å²) in [6.07, 6.45) is 6.00. The van der Waals surface area contributed by atoms with E-state index in [4.69, 9.17) is 19.3 Å². The van der Waals surface area contributed by atoms with E-state index in [1.165, 1.54) is 12.5 Å². The van der Waals surface area contributed by atoms with Crippen LogP contribution in [0.5, 0.6) is 0 Å². The summed E-state index contributed by atoms with van der Waals surface area (Å²) in [4.78, 5) is 11.3. The topological polar surface area (TPSA) is 65.0 Å². The zero-order chi connectivity index (χ0) is 16.6. The van der Waals surface area contributed by atoms with Gasteiger partial charge in [0.05, 0.1) is 19.8 Å². The third-order valence-corrected chi connectivity index (χ3v) is 3.72. The van der Waals surface area contributed by atoms with Gasteiger partial charge in [-0.2, -0.15) is 0 Å². The van der Waals surface area contributed by atoms with Gasteiger partial charge in [-0.15, -0.1) is 0 Å². The smallest absolute Gasteiger partial charge is 0.303 e. The first-order chi connectivity index (χ1) is 10.4. The number of esters is 1. The van der Waals surface area contributed by atoms with Crippen LogP contribution in [0, 0.1) is 0 Å². The van der Waals surface area contributed by atoms with E-state index >= 15 is 0 Å². The number of carbonyl (C=O) groups is 1. The lowest BCUT2D eigenvalue weighted by Crippen LogP contribution is -2.43. The van der Waals surface area contributed by atoms with E-state index in [2.05, 4.69) is 6.08 Å². The molecule has 0 aromatic carbocycles. The predicted molar refractivity (Wildman–Crippen MR) is 84.3 cm³/mol. The van der Waals surface area contributed by atoms with E-state index in [1.807, 2.05) is 26.8 Å². The number of rotatable bonds is 8. The Kier molecular flexibility index (Phi) is 7.79. The van der Waals surface area contributed by atoms with Crippen LogP contribution < -0.4 is 0 Å². The van der Waals surface area contributed by atoms with Gasteiger partial charge in [0, 0.05) is 13.3 Å². The van der Waals surface area contributed by atoms with Crippen molar-refractivity contribution in [3.8, 4) is 0 Å². The largest absolute Gasteiger partial charge is 0.456 e. The molecule has 5 heteroatoms. The van der Waals surface area contributed by atoms with Gasteiger partial charge in [-0.3, -0.25) is 4.79 Å². The van der Waals surface area contributed by atoms with E-state index < -0.39 is 11.9 Å². The van der Waals surface area contributed by atoms with Crippen LogP contribution in [0.1, 0.15) is 47.0 Å². The Balaban J connectivity index is 2.58. The highest BCUT2D eigenvalue weighted by Gasteiger charge is 2.41. The third kappa shape index (κ3) is 6.30. The van der Waals surface area contributed by atoms with Crippen LogP contribution in [0.4, 0.5) is 0 Å². The van der Waals surface area contributed by atoms with Crippen molar-refractivity contribution in [1.82, 2.24) is 0 Å². The molecule has 0 aromatic rings. The Hall–Kier alpha value is -1.17. The zero-order valence-corrected chi connectivity index (χ0v) is 14.1. The summed E-state index contributed by atoms with van der Waals surface area (Å²) in [6.45, 7) is 8.29. The fourth-order valence-corrected chi connectivity index (χ4v) is 2.31. The molecule has 0 aliphatic carbocycles. The van der Waals surface area contributed by atoms with Gasteiger partial charge < -0.3 is 19.3 Å². The third-order valence-electron chi connectivity index (χ3n) is 3.72. The molecule has 5 nitrogen and oxygen atoms in total. The monoisotopic (exact) mass is 312 g/mol. The average Bonchev–Trinajstić information content (AvgIpc) is 2.90. The number of hydrogen-bond donors (Lipinski definition) is 1. The first-order valence-corrected chi connectivity index (χ1v) is 7.74. The SMILES string of the molecule is CC(=O)OC(C/C=C(\C)CC/C=C(\C)CO)C1(C)OCCO1. The minimum atomic E-state index is -0.865. The van der Waals surface area contributed by atoms with Gasteiger partial charge in [0.2, 0.25) is 5.79 Å². The maximum atomic E-state index is 11.3. The van der Waals surface area contributed by atoms with Crippen molar-refractivity contribution >= 4 is 5.97 Å². The fourth-order valence-electron chi connectivity index (χ4n) is 2.31. The molecule has 1 fully saturated rings.